The van der Waals surface area contributed by atoms with Crippen molar-refractivity contribution in [1.29, 1.82) is 0 Å². The molecule has 142 valence electrons. The monoisotopic (exact) mass is 471 g/mol. The Morgan fingerprint density at radius 1 is 1.40 bits per heavy atom. The van der Waals surface area contributed by atoms with E-state index >= 15 is 0 Å². The summed E-state index contributed by atoms with van der Waals surface area (Å²) in [5.41, 5.74) is -0.768. The van der Waals surface area contributed by atoms with Crippen LogP contribution < -0.4 is 10.6 Å². The molecule has 0 bridgehead atoms. The fourth-order valence-corrected chi connectivity index (χ4v) is 2.09. The van der Waals surface area contributed by atoms with Gasteiger partial charge in [-0.3, -0.25) is 4.99 Å². The van der Waals surface area contributed by atoms with E-state index < -0.39 is 11.7 Å². The smallest absolute Gasteiger partial charge is 0.368 e. The van der Waals surface area contributed by atoms with Crippen LogP contribution in [0.25, 0.3) is 0 Å². The number of pyridine rings is 1. The Morgan fingerprint density at radius 3 is 2.72 bits per heavy atom. The number of guanidine groups is 1. The minimum atomic E-state index is -4.43. The molecule has 0 unspecified atom stereocenters. The van der Waals surface area contributed by atoms with Gasteiger partial charge in [0.25, 0.3) is 0 Å². The Balaban J connectivity index is 0.00000576. The Labute approximate surface area is 163 Å². The lowest BCUT2D eigenvalue weighted by molar-refractivity contribution is -0.137. The Hall–Kier alpha value is -1.52. The molecule has 1 aromatic rings. The zero-order valence-electron chi connectivity index (χ0n) is 14.4. The first-order valence-electron chi connectivity index (χ1n) is 7.69. The summed E-state index contributed by atoms with van der Waals surface area (Å²) in [7, 11) is 3.58. The summed E-state index contributed by atoms with van der Waals surface area (Å²) in [6, 6.07) is 2.28. The van der Waals surface area contributed by atoms with Crippen molar-refractivity contribution in [2.24, 2.45) is 4.99 Å². The van der Waals surface area contributed by atoms with Crippen molar-refractivity contribution < 1.29 is 13.2 Å². The van der Waals surface area contributed by atoms with Crippen molar-refractivity contribution in [3.05, 3.63) is 36.5 Å². The molecular formula is C16H25F3IN5. The molecular weight excluding hydrogens is 446 g/mol. The first-order chi connectivity index (χ1) is 11.4. The van der Waals surface area contributed by atoms with Crippen molar-refractivity contribution in [2.75, 3.05) is 39.0 Å². The highest BCUT2D eigenvalue weighted by Gasteiger charge is 2.33. The van der Waals surface area contributed by atoms with Crippen LogP contribution in [0.3, 0.4) is 0 Å². The standard InChI is InChI=1S/C16H24F3N5.HI/c1-4-5-6-12-24(3)15(20-2)23-11-10-22-14-13(16(17,18)19)8-7-9-21-14;/h4,7-9H,1,5-6,10-12H2,2-3H3,(H,20,23)(H,21,22);1H. The molecule has 0 atom stereocenters. The zero-order chi connectivity index (χ0) is 18.0. The number of allylic oxidation sites excluding steroid dienone is 1. The number of hydrogen-bond donors (Lipinski definition) is 2. The first-order valence-corrected chi connectivity index (χ1v) is 7.69. The van der Waals surface area contributed by atoms with Crippen molar-refractivity contribution in [3.63, 3.8) is 0 Å². The van der Waals surface area contributed by atoms with Crippen molar-refractivity contribution in [1.82, 2.24) is 15.2 Å². The molecule has 0 saturated heterocycles. The predicted octanol–water partition coefficient (Wildman–Crippen LogP) is 3.60. The number of nitrogens with zero attached hydrogens (tertiary/aromatic N) is 3. The number of unbranched alkanes of at least 4 members (excludes halogenated alkanes) is 1. The third-order valence-corrected chi connectivity index (χ3v) is 3.29. The van der Waals surface area contributed by atoms with Crippen molar-refractivity contribution >= 4 is 35.8 Å². The molecule has 1 heterocycles. The van der Waals surface area contributed by atoms with Gasteiger partial charge < -0.3 is 15.5 Å². The van der Waals surface area contributed by atoms with Crippen LogP contribution in [0.1, 0.15) is 18.4 Å². The van der Waals surface area contributed by atoms with E-state index in [-0.39, 0.29) is 29.8 Å². The van der Waals surface area contributed by atoms with Crippen LogP contribution in [0.15, 0.2) is 36.0 Å². The first kappa shape index (κ1) is 23.5. The van der Waals surface area contributed by atoms with Gasteiger partial charge in [-0.05, 0) is 25.0 Å². The molecule has 1 rings (SSSR count). The van der Waals surface area contributed by atoms with Crippen LogP contribution >= 0.6 is 24.0 Å². The summed E-state index contributed by atoms with van der Waals surface area (Å²) in [5, 5.41) is 5.81. The SMILES string of the molecule is C=CCCCN(C)C(=NC)NCCNc1ncccc1C(F)(F)F.I. The predicted molar refractivity (Wildman–Crippen MR) is 107 cm³/mol. The van der Waals surface area contributed by atoms with Gasteiger partial charge in [0, 0.05) is 39.9 Å². The lowest BCUT2D eigenvalue weighted by atomic mass is 10.2. The van der Waals surface area contributed by atoms with Gasteiger partial charge in [-0.2, -0.15) is 13.2 Å². The normalized spacial score (nSPS) is 11.5. The second-order valence-corrected chi connectivity index (χ2v) is 5.15. The van der Waals surface area contributed by atoms with Crippen LogP contribution in [0, 0.1) is 0 Å². The molecule has 0 amide bonds. The van der Waals surface area contributed by atoms with Gasteiger partial charge in [-0.15, -0.1) is 30.6 Å². The average molecular weight is 471 g/mol. The minimum absolute atomic E-state index is 0. The molecule has 5 nitrogen and oxygen atoms in total. The van der Waals surface area contributed by atoms with E-state index in [1.54, 1.807) is 7.05 Å². The average Bonchev–Trinajstić information content (AvgIpc) is 2.54. The highest BCUT2D eigenvalue weighted by Crippen LogP contribution is 2.33. The molecule has 0 saturated carbocycles. The van der Waals surface area contributed by atoms with Gasteiger partial charge in [-0.25, -0.2) is 4.98 Å². The highest BCUT2D eigenvalue weighted by atomic mass is 127. The summed E-state index contributed by atoms with van der Waals surface area (Å²) in [6.07, 6.45) is 0.645. The molecule has 0 aliphatic carbocycles. The zero-order valence-corrected chi connectivity index (χ0v) is 16.8. The molecule has 0 radical (unpaired) electrons. The van der Waals surface area contributed by atoms with Crippen LogP contribution in [-0.4, -0.2) is 49.6 Å². The second kappa shape index (κ2) is 11.9. The van der Waals surface area contributed by atoms with Gasteiger partial charge in [0.1, 0.15) is 5.82 Å². The van der Waals surface area contributed by atoms with Crippen LogP contribution in [-0.2, 0) is 6.18 Å². The summed E-state index contributed by atoms with van der Waals surface area (Å²) < 4.78 is 38.6. The molecule has 0 spiro atoms. The molecule has 0 fully saturated rings. The summed E-state index contributed by atoms with van der Waals surface area (Å²) in [5.74, 6) is 0.527. The Morgan fingerprint density at radius 2 is 2.12 bits per heavy atom. The lowest BCUT2D eigenvalue weighted by Crippen LogP contribution is -2.41. The number of nitrogens with one attached hydrogen (secondary N) is 2. The number of rotatable bonds is 8. The second-order valence-electron chi connectivity index (χ2n) is 5.15. The van der Waals surface area contributed by atoms with E-state index in [0.717, 1.165) is 25.5 Å². The molecule has 9 heteroatoms. The van der Waals surface area contributed by atoms with E-state index in [2.05, 4.69) is 27.2 Å². The number of aliphatic imine (C=N–C) groups is 1. The molecule has 0 aromatic carbocycles. The van der Waals surface area contributed by atoms with E-state index in [1.807, 2.05) is 18.0 Å². The summed E-state index contributed by atoms with van der Waals surface area (Å²) in [4.78, 5) is 9.87. The minimum Gasteiger partial charge on any atom is -0.368 e. The lowest BCUT2D eigenvalue weighted by Gasteiger charge is -2.22. The maximum Gasteiger partial charge on any atom is 0.419 e. The number of halogens is 4. The Bertz CT molecular complexity index is 549. The van der Waals surface area contributed by atoms with Crippen LogP contribution in [0.4, 0.5) is 19.0 Å². The van der Waals surface area contributed by atoms with E-state index in [4.69, 9.17) is 0 Å². The summed E-state index contributed by atoms with van der Waals surface area (Å²) >= 11 is 0. The fourth-order valence-electron chi connectivity index (χ4n) is 2.09. The third kappa shape index (κ3) is 8.41. The summed E-state index contributed by atoms with van der Waals surface area (Å²) in [6.45, 7) is 5.21. The fraction of sp³-hybridized carbons (Fsp3) is 0.500. The van der Waals surface area contributed by atoms with Gasteiger partial charge in [-0.1, -0.05) is 6.08 Å². The molecule has 2 N–H and O–H groups in total. The van der Waals surface area contributed by atoms with E-state index in [1.165, 1.54) is 12.3 Å². The number of aromatic nitrogens is 1. The maximum atomic E-state index is 12.9. The van der Waals surface area contributed by atoms with Gasteiger partial charge in [0.15, 0.2) is 5.96 Å². The van der Waals surface area contributed by atoms with Gasteiger partial charge in [0.05, 0.1) is 5.56 Å². The van der Waals surface area contributed by atoms with Gasteiger partial charge >= 0.3 is 6.18 Å². The van der Waals surface area contributed by atoms with Crippen molar-refractivity contribution in [2.45, 2.75) is 19.0 Å². The molecule has 0 aliphatic rings. The van der Waals surface area contributed by atoms with Crippen LogP contribution in [0.5, 0.6) is 0 Å². The van der Waals surface area contributed by atoms with E-state index in [9.17, 15) is 13.2 Å². The molecule has 1 aromatic heterocycles. The van der Waals surface area contributed by atoms with E-state index in [0.29, 0.717) is 19.0 Å². The third-order valence-electron chi connectivity index (χ3n) is 3.29. The number of hydrogen-bond acceptors (Lipinski definition) is 3. The van der Waals surface area contributed by atoms with Crippen molar-refractivity contribution in [3.8, 4) is 0 Å². The number of alkyl halides is 3. The largest absolute Gasteiger partial charge is 0.419 e. The number of anilines is 1. The molecule has 25 heavy (non-hydrogen) atoms. The van der Waals surface area contributed by atoms with Gasteiger partial charge in [0.2, 0.25) is 0 Å². The maximum absolute atomic E-state index is 12.9. The molecule has 0 aliphatic heterocycles. The van der Waals surface area contributed by atoms with Crippen LogP contribution in [0.2, 0.25) is 0 Å². The topological polar surface area (TPSA) is 52.5 Å². The quantitative estimate of drug-likeness (QED) is 0.200. The highest BCUT2D eigenvalue weighted by molar-refractivity contribution is 14.0. The Kier molecular flexibility index (Phi) is 11.2.